The average molecular weight is 366 g/mol. The van der Waals surface area contributed by atoms with Crippen LogP contribution in [0, 0.1) is 10.1 Å². The molecule has 7 heteroatoms. The van der Waals surface area contributed by atoms with Gasteiger partial charge in [0.2, 0.25) is 5.75 Å². The van der Waals surface area contributed by atoms with Gasteiger partial charge >= 0.3 is 5.69 Å². The topological polar surface area (TPSA) is 89.7 Å². The molecular weight excluding hydrogens is 354 g/mol. The van der Waals surface area contributed by atoms with E-state index in [0.29, 0.717) is 0 Å². The molecule has 0 spiro atoms. The number of hydrogen-bond acceptors (Lipinski definition) is 5. The quantitative estimate of drug-likeness (QED) is 0.378. The smallest absolute Gasteiger partial charge is 0.315 e. The van der Waals surface area contributed by atoms with E-state index in [9.17, 15) is 20.0 Å². The van der Waals surface area contributed by atoms with Gasteiger partial charge in [-0.1, -0.05) is 46.3 Å². The van der Waals surface area contributed by atoms with Crippen molar-refractivity contribution in [2.45, 2.75) is 4.83 Å². The number of phenols is 1. The van der Waals surface area contributed by atoms with E-state index in [1.54, 1.807) is 24.3 Å². The molecule has 0 amide bonds. The Kier molecular flexibility index (Phi) is 4.77. The third kappa shape index (κ3) is 3.09. The maximum absolute atomic E-state index is 12.5. The van der Waals surface area contributed by atoms with Crippen molar-refractivity contribution in [1.82, 2.24) is 0 Å². The number of phenolic OH excluding ortho intramolecular Hbond substituents is 1. The Hall–Kier alpha value is -2.41. The molecule has 114 valence electrons. The number of nitro groups is 1. The standard InChI is InChI=1S/C15H12BrNO5/c1-22-12-8-10(7-11(15(12)19)17(20)21)14(18)13(16)9-5-3-2-4-6-9/h2-8,13,19H,1H3. The Morgan fingerprint density at radius 3 is 2.50 bits per heavy atom. The molecule has 1 atom stereocenters. The van der Waals surface area contributed by atoms with Crippen LogP contribution < -0.4 is 4.74 Å². The Morgan fingerprint density at radius 2 is 1.95 bits per heavy atom. The molecule has 1 N–H and O–H groups in total. The zero-order chi connectivity index (χ0) is 16.3. The Labute approximate surface area is 134 Å². The molecule has 2 aromatic rings. The second-order valence-corrected chi connectivity index (χ2v) is 5.36. The molecule has 0 saturated heterocycles. The normalized spacial score (nSPS) is 11.7. The number of rotatable bonds is 5. The van der Waals surface area contributed by atoms with Crippen LogP contribution in [-0.2, 0) is 0 Å². The minimum atomic E-state index is -0.764. The van der Waals surface area contributed by atoms with Crippen LogP contribution in [0.2, 0.25) is 0 Å². The Morgan fingerprint density at radius 1 is 1.32 bits per heavy atom. The van der Waals surface area contributed by atoms with Gasteiger partial charge in [0.1, 0.15) is 4.83 Å². The van der Waals surface area contributed by atoms with Crippen LogP contribution in [0.1, 0.15) is 20.7 Å². The fraction of sp³-hybridized carbons (Fsp3) is 0.133. The Bertz CT molecular complexity index is 717. The van der Waals surface area contributed by atoms with Gasteiger partial charge in [0.05, 0.1) is 12.0 Å². The van der Waals surface area contributed by atoms with Gasteiger partial charge in [0.25, 0.3) is 0 Å². The van der Waals surface area contributed by atoms with Gasteiger partial charge in [-0.15, -0.1) is 0 Å². The molecule has 0 aliphatic carbocycles. The number of methoxy groups -OCH3 is 1. The largest absolute Gasteiger partial charge is 0.500 e. The number of nitrogens with zero attached hydrogens (tertiary/aromatic N) is 1. The van der Waals surface area contributed by atoms with Gasteiger partial charge in [0, 0.05) is 11.6 Å². The molecule has 0 fully saturated rings. The van der Waals surface area contributed by atoms with Gasteiger partial charge in [-0.3, -0.25) is 14.9 Å². The van der Waals surface area contributed by atoms with Crippen LogP contribution in [0.25, 0.3) is 0 Å². The second kappa shape index (κ2) is 6.57. The van der Waals surface area contributed by atoms with Crippen molar-refractivity contribution in [2.75, 3.05) is 7.11 Å². The molecule has 22 heavy (non-hydrogen) atoms. The monoisotopic (exact) mass is 365 g/mol. The number of ether oxygens (including phenoxy) is 1. The molecule has 0 radical (unpaired) electrons. The number of benzene rings is 2. The first-order valence-corrected chi connectivity index (χ1v) is 7.16. The molecule has 2 rings (SSSR count). The first-order valence-electron chi connectivity index (χ1n) is 6.24. The summed E-state index contributed by atoms with van der Waals surface area (Å²) >= 11 is 3.29. The van der Waals surface area contributed by atoms with E-state index in [-0.39, 0.29) is 17.1 Å². The number of Topliss-reactive ketones (excluding diaryl/α,β-unsaturated/α-hetero) is 1. The molecule has 1 unspecified atom stereocenters. The zero-order valence-electron chi connectivity index (χ0n) is 11.5. The average Bonchev–Trinajstić information content (AvgIpc) is 2.54. The first kappa shape index (κ1) is 16.0. The molecule has 0 aromatic heterocycles. The summed E-state index contributed by atoms with van der Waals surface area (Å²) in [6.45, 7) is 0. The van der Waals surface area contributed by atoms with E-state index in [0.717, 1.165) is 11.6 Å². The van der Waals surface area contributed by atoms with Crippen molar-refractivity contribution in [3.63, 3.8) is 0 Å². The van der Waals surface area contributed by atoms with Gasteiger partial charge < -0.3 is 9.84 Å². The lowest BCUT2D eigenvalue weighted by Gasteiger charge is -2.11. The molecule has 6 nitrogen and oxygen atoms in total. The highest BCUT2D eigenvalue weighted by Crippen LogP contribution is 2.38. The highest BCUT2D eigenvalue weighted by Gasteiger charge is 2.26. The second-order valence-electron chi connectivity index (χ2n) is 4.44. The van der Waals surface area contributed by atoms with E-state index in [1.165, 1.54) is 13.2 Å². The van der Waals surface area contributed by atoms with Crippen molar-refractivity contribution >= 4 is 27.4 Å². The molecule has 0 heterocycles. The summed E-state index contributed by atoms with van der Waals surface area (Å²) in [5, 5.41) is 20.7. The summed E-state index contributed by atoms with van der Waals surface area (Å²) in [5.74, 6) is -1.09. The third-order valence-electron chi connectivity index (χ3n) is 3.08. The third-order valence-corrected chi connectivity index (χ3v) is 4.02. The number of carbonyl (C=O) groups is 1. The van der Waals surface area contributed by atoms with Gasteiger partial charge in [0.15, 0.2) is 11.5 Å². The number of nitro benzene ring substituents is 1. The highest BCUT2D eigenvalue weighted by atomic mass is 79.9. The minimum Gasteiger partial charge on any atom is -0.500 e. The fourth-order valence-electron chi connectivity index (χ4n) is 1.95. The van der Waals surface area contributed by atoms with Crippen LogP contribution in [0.3, 0.4) is 0 Å². The first-order chi connectivity index (χ1) is 10.5. The number of hydrogen-bond donors (Lipinski definition) is 1. The van der Waals surface area contributed by atoms with Crippen molar-refractivity contribution in [1.29, 1.82) is 0 Å². The molecule has 2 aromatic carbocycles. The van der Waals surface area contributed by atoms with Crippen LogP contribution in [0.5, 0.6) is 11.5 Å². The maximum Gasteiger partial charge on any atom is 0.315 e. The van der Waals surface area contributed by atoms with E-state index >= 15 is 0 Å². The molecule has 0 aliphatic heterocycles. The number of ketones is 1. The van der Waals surface area contributed by atoms with Crippen molar-refractivity contribution in [3.8, 4) is 11.5 Å². The van der Waals surface area contributed by atoms with E-state index in [2.05, 4.69) is 15.9 Å². The summed E-state index contributed by atoms with van der Waals surface area (Å²) in [4.78, 5) is 22.1. The SMILES string of the molecule is COc1cc(C(=O)C(Br)c2ccccc2)cc([N+](=O)[O-])c1O. The summed E-state index contributed by atoms with van der Waals surface area (Å²) in [7, 11) is 1.26. The number of aromatic hydroxyl groups is 1. The molecule has 0 aliphatic rings. The number of halogens is 1. The van der Waals surface area contributed by atoms with Gasteiger partial charge in [-0.05, 0) is 11.6 Å². The van der Waals surface area contributed by atoms with E-state index in [4.69, 9.17) is 4.74 Å². The highest BCUT2D eigenvalue weighted by molar-refractivity contribution is 9.09. The maximum atomic E-state index is 12.5. The lowest BCUT2D eigenvalue weighted by molar-refractivity contribution is -0.386. The Balaban J connectivity index is 2.46. The van der Waals surface area contributed by atoms with E-state index in [1.807, 2.05) is 6.07 Å². The summed E-state index contributed by atoms with van der Waals surface area (Å²) in [5.41, 5.74) is 0.227. The predicted octanol–water partition coefficient (Wildman–Crippen LogP) is 3.63. The van der Waals surface area contributed by atoms with Crippen molar-refractivity contribution < 1.29 is 19.6 Å². The predicted molar refractivity (Wildman–Crippen MR) is 83.8 cm³/mol. The number of alkyl halides is 1. The van der Waals surface area contributed by atoms with Gasteiger partial charge in [-0.25, -0.2) is 0 Å². The van der Waals surface area contributed by atoms with Crippen molar-refractivity contribution in [2.24, 2.45) is 0 Å². The lowest BCUT2D eigenvalue weighted by atomic mass is 10.0. The van der Waals surface area contributed by atoms with Crippen molar-refractivity contribution in [3.05, 3.63) is 63.7 Å². The molecule has 0 bridgehead atoms. The summed E-state index contributed by atoms with van der Waals surface area (Å²) in [6.07, 6.45) is 0. The summed E-state index contributed by atoms with van der Waals surface area (Å²) < 4.78 is 4.89. The molecular formula is C15H12BrNO5. The van der Waals surface area contributed by atoms with Gasteiger partial charge in [-0.2, -0.15) is 0 Å². The minimum absolute atomic E-state index is 0.0760. The molecule has 0 saturated carbocycles. The van der Waals surface area contributed by atoms with Crippen LogP contribution in [0.15, 0.2) is 42.5 Å². The summed E-state index contributed by atoms with van der Waals surface area (Å²) in [6, 6.07) is 11.3. The van der Waals surface area contributed by atoms with Crippen LogP contribution in [-0.4, -0.2) is 22.9 Å². The lowest BCUT2D eigenvalue weighted by Crippen LogP contribution is -2.08. The van der Waals surface area contributed by atoms with E-state index < -0.39 is 21.2 Å². The zero-order valence-corrected chi connectivity index (χ0v) is 13.1. The number of carbonyl (C=O) groups excluding carboxylic acids is 1. The van der Waals surface area contributed by atoms with Crippen LogP contribution >= 0.6 is 15.9 Å². The van der Waals surface area contributed by atoms with Crippen LogP contribution in [0.4, 0.5) is 5.69 Å². The fourth-order valence-corrected chi connectivity index (χ4v) is 2.52.